The molecule has 5 heteroatoms. The molecule has 3 aromatic carbocycles. The van der Waals surface area contributed by atoms with Gasteiger partial charge in [-0.05, 0) is 40.7 Å². The molecule has 0 radical (unpaired) electrons. The predicted molar refractivity (Wildman–Crippen MR) is 130 cm³/mol. The van der Waals surface area contributed by atoms with Crippen LogP contribution in [0.3, 0.4) is 0 Å². The highest BCUT2D eigenvalue weighted by Crippen LogP contribution is 2.44. The highest BCUT2D eigenvalue weighted by molar-refractivity contribution is 5.86. The van der Waals surface area contributed by atoms with Gasteiger partial charge in [-0.3, -0.25) is 4.79 Å². The first kappa shape index (κ1) is 22.6. The summed E-state index contributed by atoms with van der Waals surface area (Å²) in [6.07, 6.45) is -0.585. The number of alkyl carbamates (subject to hydrolysis) is 1. The van der Waals surface area contributed by atoms with Gasteiger partial charge in [0.1, 0.15) is 12.6 Å². The lowest BCUT2D eigenvalue weighted by molar-refractivity contribution is -0.124. The normalized spacial score (nSPS) is 14.2. The van der Waals surface area contributed by atoms with Crippen molar-refractivity contribution >= 4 is 12.0 Å². The molecule has 0 fully saturated rings. The summed E-state index contributed by atoms with van der Waals surface area (Å²) in [5.74, 6) is -0.337. The van der Waals surface area contributed by atoms with Crippen LogP contribution >= 0.6 is 0 Å². The van der Waals surface area contributed by atoms with Crippen molar-refractivity contribution in [1.29, 1.82) is 0 Å². The Balaban J connectivity index is 1.39. The van der Waals surface area contributed by atoms with Gasteiger partial charge in [0.15, 0.2) is 0 Å². The van der Waals surface area contributed by atoms with E-state index in [0.29, 0.717) is 0 Å². The van der Waals surface area contributed by atoms with E-state index in [0.717, 1.165) is 16.7 Å². The number of ether oxygens (including phenoxy) is 1. The highest BCUT2D eigenvalue weighted by atomic mass is 16.5. The Morgan fingerprint density at radius 1 is 0.788 bits per heavy atom. The molecule has 0 bridgehead atoms. The number of fused-ring (bicyclic) bond motifs is 3. The first-order chi connectivity index (χ1) is 16.0. The van der Waals surface area contributed by atoms with Crippen molar-refractivity contribution in [3.8, 4) is 11.1 Å². The minimum absolute atomic E-state index is 0.0208. The van der Waals surface area contributed by atoms with Crippen molar-refractivity contribution in [3.05, 3.63) is 95.6 Å². The number of amides is 2. The summed E-state index contributed by atoms with van der Waals surface area (Å²) < 4.78 is 5.63. The smallest absolute Gasteiger partial charge is 0.407 e. The van der Waals surface area contributed by atoms with Gasteiger partial charge in [0.2, 0.25) is 5.91 Å². The molecule has 33 heavy (non-hydrogen) atoms. The summed E-state index contributed by atoms with van der Waals surface area (Å²) in [7, 11) is 0. The third-order valence-electron chi connectivity index (χ3n) is 6.22. The van der Waals surface area contributed by atoms with E-state index in [1.54, 1.807) is 0 Å². The summed E-state index contributed by atoms with van der Waals surface area (Å²) in [6.45, 7) is 5.95. The second kappa shape index (κ2) is 9.90. The molecule has 0 aromatic heterocycles. The molecule has 3 aromatic rings. The standard InChI is InChI=1S/C28H30N2O3/c1-18(2)26(27(31)29-19(3)20-11-5-4-6-12-20)30-28(32)33-17-25-23-15-9-7-13-21(23)22-14-8-10-16-24(22)25/h4-16,18-19,25-26H,17H2,1-3H3,(H,29,31)(H,30,32)/t19-,26+/m1/s1. The van der Waals surface area contributed by atoms with Crippen LogP contribution in [0.4, 0.5) is 4.79 Å². The van der Waals surface area contributed by atoms with Crippen molar-refractivity contribution in [2.45, 2.75) is 38.8 Å². The van der Waals surface area contributed by atoms with Gasteiger partial charge in [0, 0.05) is 5.92 Å². The maximum absolute atomic E-state index is 12.9. The van der Waals surface area contributed by atoms with Crippen molar-refractivity contribution in [2.75, 3.05) is 6.61 Å². The topological polar surface area (TPSA) is 67.4 Å². The van der Waals surface area contributed by atoms with Crippen LogP contribution in [0.25, 0.3) is 11.1 Å². The van der Waals surface area contributed by atoms with E-state index in [2.05, 4.69) is 34.9 Å². The van der Waals surface area contributed by atoms with Crippen LogP contribution in [0.2, 0.25) is 0 Å². The fourth-order valence-corrected chi connectivity index (χ4v) is 4.43. The Morgan fingerprint density at radius 3 is 1.91 bits per heavy atom. The number of hydrogen-bond donors (Lipinski definition) is 2. The largest absolute Gasteiger partial charge is 0.449 e. The van der Waals surface area contributed by atoms with Crippen LogP contribution in [0.5, 0.6) is 0 Å². The summed E-state index contributed by atoms with van der Waals surface area (Å²) in [4.78, 5) is 25.6. The van der Waals surface area contributed by atoms with E-state index >= 15 is 0 Å². The maximum Gasteiger partial charge on any atom is 0.407 e. The van der Waals surface area contributed by atoms with Gasteiger partial charge in [0.25, 0.3) is 0 Å². The molecule has 2 N–H and O–H groups in total. The van der Waals surface area contributed by atoms with Crippen molar-refractivity contribution in [1.82, 2.24) is 10.6 Å². The third-order valence-corrected chi connectivity index (χ3v) is 6.22. The van der Waals surface area contributed by atoms with E-state index in [9.17, 15) is 9.59 Å². The number of carbonyl (C=O) groups is 2. The predicted octanol–water partition coefficient (Wildman–Crippen LogP) is 5.43. The van der Waals surface area contributed by atoms with Gasteiger partial charge >= 0.3 is 6.09 Å². The van der Waals surface area contributed by atoms with Gasteiger partial charge < -0.3 is 15.4 Å². The molecule has 0 unspecified atom stereocenters. The number of hydrogen-bond acceptors (Lipinski definition) is 3. The summed E-state index contributed by atoms with van der Waals surface area (Å²) in [5, 5.41) is 5.77. The zero-order valence-corrected chi connectivity index (χ0v) is 19.2. The monoisotopic (exact) mass is 442 g/mol. The molecular formula is C28H30N2O3. The van der Waals surface area contributed by atoms with E-state index < -0.39 is 12.1 Å². The minimum Gasteiger partial charge on any atom is -0.449 e. The Labute approximate surface area is 195 Å². The van der Waals surface area contributed by atoms with Gasteiger partial charge in [0.05, 0.1) is 6.04 Å². The van der Waals surface area contributed by atoms with Crippen LogP contribution in [-0.4, -0.2) is 24.6 Å². The number of carbonyl (C=O) groups excluding carboxylic acids is 2. The van der Waals surface area contributed by atoms with Crippen LogP contribution in [0.1, 0.15) is 49.4 Å². The molecule has 0 saturated heterocycles. The molecule has 1 aliphatic carbocycles. The molecule has 0 saturated carbocycles. The van der Waals surface area contributed by atoms with E-state index in [-0.39, 0.29) is 30.4 Å². The lowest BCUT2D eigenvalue weighted by Crippen LogP contribution is -2.50. The average Bonchev–Trinajstić information content (AvgIpc) is 3.15. The zero-order valence-electron chi connectivity index (χ0n) is 19.2. The van der Waals surface area contributed by atoms with Gasteiger partial charge in [-0.2, -0.15) is 0 Å². The van der Waals surface area contributed by atoms with Gasteiger partial charge in [-0.1, -0.05) is 92.7 Å². The van der Waals surface area contributed by atoms with Crippen LogP contribution in [0, 0.1) is 5.92 Å². The maximum atomic E-state index is 12.9. The SMILES string of the molecule is CC(C)[C@H](NC(=O)OCC1c2ccccc2-c2ccccc21)C(=O)N[C@H](C)c1ccccc1. The van der Waals surface area contributed by atoms with Crippen molar-refractivity contribution in [2.24, 2.45) is 5.92 Å². The Bertz CT molecular complexity index is 1080. The fraction of sp³-hybridized carbons (Fsp3) is 0.286. The summed E-state index contributed by atoms with van der Waals surface area (Å²) in [5.41, 5.74) is 5.67. The first-order valence-electron chi connectivity index (χ1n) is 11.4. The van der Waals surface area contributed by atoms with E-state index in [1.807, 2.05) is 75.4 Å². The lowest BCUT2D eigenvalue weighted by Gasteiger charge is -2.24. The molecule has 0 heterocycles. The molecule has 2 amide bonds. The van der Waals surface area contributed by atoms with Crippen molar-refractivity contribution in [3.63, 3.8) is 0 Å². The summed E-state index contributed by atoms with van der Waals surface area (Å²) >= 11 is 0. The molecule has 0 aliphatic heterocycles. The molecule has 4 rings (SSSR count). The molecule has 5 nitrogen and oxygen atoms in total. The highest BCUT2D eigenvalue weighted by Gasteiger charge is 2.30. The van der Waals surface area contributed by atoms with Gasteiger partial charge in [-0.15, -0.1) is 0 Å². The minimum atomic E-state index is -0.688. The second-order valence-corrected chi connectivity index (χ2v) is 8.83. The Kier molecular flexibility index (Phi) is 6.78. The van der Waals surface area contributed by atoms with Crippen molar-refractivity contribution < 1.29 is 14.3 Å². The second-order valence-electron chi connectivity index (χ2n) is 8.83. The Morgan fingerprint density at radius 2 is 1.33 bits per heavy atom. The molecule has 2 atom stereocenters. The number of nitrogens with one attached hydrogen (secondary N) is 2. The number of benzene rings is 3. The van der Waals surface area contributed by atoms with Crippen LogP contribution in [-0.2, 0) is 9.53 Å². The van der Waals surface area contributed by atoms with Crippen LogP contribution < -0.4 is 10.6 Å². The third kappa shape index (κ3) is 4.92. The van der Waals surface area contributed by atoms with Gasteiger partial charge in [-0.25, -0.2) is 4.79 Å². The zero-order chi connectivity index (χ0) is 23.4. The van der Waals surface area contributed by atoms with Crippen LogP contribution in [0.15, 0.2) is 78.9 Å². The fourth-order valence-electron chi connectivity index (χ4n) is 4.43. The van der Waals surface area contributed by atoms with E-state index in [1.165, 1.54) is 11.1 Å². The Hall–Kier alpha value is -3.60. The summed E-state index contributed by atoms with van der Waals surface area (Å²) in [6, 6.07) is 25.3. The number of rotatable bonds is 7. The first-order valence-corrected chi connectivity index (χ1v) is 11.4. The lowest BCUT2D eigenvalue weighted by atomic mass is 9.98. The molecule has 170 valence electrons. The molecule has 0 spiro atoms. The quantitative estimate of drug-likeness (QED) is 0.513. The average molecular weight is 443 g/mol. The molecule has 1 aliphatic rings. The molecular weight excluding hydrogens is 412 g/mol. The van der Waals surface area contributed by atoms with E-state index in [4.69, 9.17) is 4.74 Å².